The van der Waals surface area contributed by atoms with Crippen molar-refractivity contribution >= 4 is 46.5 Å². The minimum Gasteiger partial charge on any atom is -0.452 e. The fourth-order valence-corrected chi connectivity index (χ4v) is 4.15. The minimum atomic E-state index is -0.695. The molecule has 4 aromatic rings. The Balaban J connectivity index is 1.37. The molecule has 166 valence electrons. The van der Waals surface area contributed by atoms with Crippen LogP contribution in [0.5, 0.6) is 0 Å². The van der Waals surface area contributed by atoms with Crippen molar-refractivity contribution in [2.24, 2.45) is 0 Å². The zero-order valence-electron chi connectivity index (χ0n) is 17.1. The second-order valence-corrected chi connectivity index (χ2v) is 8.51. The number of hydrogen-bond donors (Lipinski definition) is 2. The van der Waals surface area contributed by atoms with E-state index in [1.54, 1.807) is 39.6 Å². The molecule has 0 unspecified atom stereocenters. The molecule has 3 heterocycles. The Kier molecular flexibility index (Phi) is 7.08. The molecule has 0 spiro atoms. The Labute approximate surface area is 197 Å². The lowest BCUT2D eigenvalue weighted by molar-refractivity contribution is -0.144. The summed E-state index contributed by atoms with van der Waals surface area (Å²) in [4.78, 5) is 37.2. The lowest BCUT2D eigenvalue weighted by atomic mass is 10.2. The fraction of sp³-hybridized carbons (Fsp3) is 0.0435. The van der Waals surface area contributed by atoms with E-state index in [1.807, 2.05) is 54.0 Å². The number of ether oxygens (including phenoxy) is 1. The van der Waals surface area contributed by atoms with Gasteiger partial charge in [-0.2, -0.15) is 5.10 Å². The van der Waals surface area contributed by atoms with E-state index in [0.717, 1.165) is 21.8 Å². The lowest BCUT2D eigenvalue weighted by Gasteiger charge is -2.06. The molecule has 33 heavy (non-hydrogen) atoms. The highest BCUT2D eigenvalue weighted by molar-refractivity contribution is 7.13. The summed E-state index contributed by atoms with van der Waals surface area (Å²) in [5.41, 5.74) is 6.81. The molecule has 2 N–H and O–H groups in total. The van der Waals surface area contributed by atoms with E-state index in [-0.39, 0.29) is 0 Å². The van der Waals surface area contributed by atoms with Gasteiger partial charge in [0.05, 0.1) is 15.4 Å². The lowest BCUT2D eigenvalue weighted by Crippen LogP contribution is -2.43. The number of rotatable bonds is 7. The number of para-hydroxylation sites is 1. The summed E-state index contributed by atoms with van der Waals surface area (Å²) in [5.74, 6) is -1.79. The number of amides is 2. The molecule has 3 aromatic heterocycles. The number of hydrazine groups is 1. The Morgan fingerprint density at radius 3 is 2.48 bits per heavy atom. The third kappa shape index (κ3) is 5.82. The first-order valence-corrected chi connectivity index (χ1v) is 11.5. The molecule has 0 aliphatic rings. The van der Waals surface area contributed by atoms with Crippen molar-refractivity contribution in [2.45, 2.75) is 0 Å². The highest BCUT2D eigenvalue weighted by atomic mass is 32.1. The first-order chi connectivity index (χ1) is 16.1. The number of aromatic nitrogens is 2. The Hall–Kier alpha value is -4.02. The highest BCUT2D eigenvalue weighted by Gasteiger charge is 2.13. The van der Waals surface area contributed by atoms with Gasteiger partial charge in [-0.3, -0.25) is 20.4 Å². The summed E-state index contributed by atoms with van der Waals surface area (Å²) in [7, 11) is 0. The highest BCUT2D eigenvalue weighted by Crippen LogP contribution is 2.28. The van der Waals surface area contributed by atoms with Crippen LogP contribution in [0.25, 0.3) is 22.3 Å². The molecule has 0 radical (unpaired) electrons. The Morgan fingerprint density at radius 1 is 0.970 bits per heavy atom. The predicted molar refractivity (Wildman–Crippen MR) is 127 cm³/mol. The molecular weight excluding hydrogens is 460 g/mol. The van der Waals surface area contributed by atoms with Gasteiger partial charge in [0.1, 0.15) is 5.69 Å². The van der Waals surface area contributed by atoms with Gasteiger partial charge in [-0.25, -0.2) is 9.48 Å². The summed E-state index contributed by atoms with van der Waals surface area (Å²) in [5, 5.41) is 8.36. The topological polar surface area (TPSA) is 102 Å². The average molecular weight is 479 g/mol. The van der Waals surface area contributed by atoms with Crippen LogP contribution in [0.3, 0.4) is 0 Å². The maximum absolute atomic E-state index is 12.1. The third-order valence-corrected chi connectivity index (χ3v) is 6.07. The van der Waals surface area contributed by atoms with Crippen molar-refractivity contribution in [3.8, 4) is 16.3 Å². The SMILES string of the molecule is O=C(COC(=O)C=Cc1cn(-c2ccccc2)nc1-c1cccs1)NNC(=O)c1cccs1. The van der Waals surface area contributed by atoms with Crippen molar-refractivity contribution in [2.75, 3.05) is 6.61 Å². The molecule has 10 heteroatoms. The van der Waals surface area contributed by atoms with Crippen LogP contribution in [0, 0.1) is 0 Å². The summed E-state index contributed by atoms with van der Waals surface area (Å²) in [6, 6.07) is 16.9. The monoisotopic (exact) mass is 478 g/mol. The standard InChI is InChI=1S/C23H18N4O4S2/c28-20(24-25-23(30)19-9-5-13-33-19)15-31-21(29)11-10-16-14-27(17-6-2-1-3-7-17)26-22(16)18-8-4-12-32-18/h1-14H,15H2,(H,24,28)(H,25,30). The molecule has 0 fully saturated rings. The number of thiophene rings is 2. The van der Waals surface area contributed by atoms with Crippen LogP contribution in [0.2, 0.25) is 0 Å². The first kappa shape index (κ1) is 22.2. The number of benzene rings is 1. The molecule has 4 rings (SSSR count). The molecule has 0 aliphatic heterocycles. The molecular formula is C23H18N4O4S2. The van der Waals surface area contributed by atoms with Gasteiger partial charge in [0.2, 0.25) is 0 Å². The van der Waals surface area contributed by atoms with Crippen LogP contribution in [0.15, 0.2) is 77.6 Å². The maximum atomic E-state index is 12.1. The van der Waals surface area contributed by atoms with Crippen molar-refractivity contribution < 1.29 is 19.1 Å². The molecule has 1 aromatic carbocycles. The van der Waals surface area contributed by atoms with Crippen LogP contribution in [-0.4, -0.2) is 34.2 Å². The second-order valence-electron chi connectivity index (χ2n) is 6.61. The third-order valence-electron chi connectivity index (χ3n) is 4.32. The molecule has 0 saturated heterocycles. The number of nitrogens with zero attached hydrogens (tertiary/aromatic N) is 2. The predicted octanol–water partition coefficient (Wildman–Crippen LogP) is 3.68. The summed E-state index contributed by atoms with van der Waals surface area (Å²) in [6.45, 7) is -0.533. The molecule has 0 saturated carbocycles. The average Bonchev–Trinajstić information content (AvgIpc) is 3.62. The van der Waals surface area contributed by atoms with E-state index in [2.05, 4.69) is 16.0 Å². The zero-order chi connectivity index (χ0) is 23.0. The van der Waals surface area contributed by atoms with E-state index in [1.165, 1.54) is 17.4 Å². The van der Waals surface area contributed by atoms with Gasteiger partial charge in [0.15, 0.2) is 6.61 Å². The molecule has 0 bridgehead atoms. The van der Waals surface area contributed by atoms with Crippen molar-refractivity contribution in [3.63, 3.8) is 0 Å². The number of carbonyl (C=O) groups is 3. The summed E-state index contributed by atoms with van der Waals surface area (Å²) < 4.78 is 6.70. The molecule has 0 atom stereocenters. The van der Waals surface area contributed by atoms with Gasteiger partial charge < -0.3 is 4.74 Å². The number of carbonyl (C=O) groups excluding carboxylic acids is 3. The first-order valence-electron chi connectivity index (χ1n) is 9.76. The van der Waals surface area contributed by atoms with E-state index >= 15 is 0 Å². The van der Waals surface area contributed by atoms with Gasteiger partial charge in [-0.1, -0.05) is 30.3 Å². The zero-order valence-corrected chi connectivity index (χ0v) is 18.8. The van der Waals surface area contributed by atoms with E-state index in [9.17, 15) is 14.4 Å². The molecule has 2 amide bonds. The second kappa shape index (κ2) is 10.5. The number of hydrogen-bond acceptors (Lipinski definition) is 7. The number of nitrogens with one attached hydrogen (secondary N) is 2. The quantitative estimate of drug-likeness (QED) is 0.240. The van der Waals surface area contributed by atoms with Crippen molar-refractivity contribution in [1.29, 1.82) is 0 Å². The fourth-order valence-electron chi connectivity index (χ4n) is 2.80. The van der Waals surface area contributed by atoms with Crippen LogP contribution in [0.4, 0.5) is 0 Å². The van der Waals surface area contributed by atoms with Gasteiger partial charge in [0, 0.05) is 17.8 Å². The summed E-state index contributed by atoms with van der Waals surface area (Å²) in [6.07, 6.45) is 4.66. The van der Waals surface area contributed by atoms with Gasteiger partial charge in [-0.15, -0.1) is 22.7 Å². The van der Waals surface area contributed by atoms with E-state index in [4.69, 9.17) is 4.74 Å². The van der Waals surface area contributed by atoms with E-state index < -0.39 is 24.4 Å². The largest absolute Gasteiger partial charge is 0.452 e. The van der Waals surface area contributed by atoms with E-state index in [0.29, 0.717) is 4.88 Å². The Bertz CT molecular complexity index is 1260. The van der Waals surface area contributed by atoms with Gasteiger partial charge >= 0.3 is 5.97 Å². The maximum Gasteiger partial charge on any atom is 0.331 e. The molecule has 0 aliphatic carbocycles. The van der Waals surface area contributed by atoms with Crippen LogP contribution < -0.4 is 10.9 Å². The van der Waals surface area contributed by atoms with Crippen LogP contribution in [0.1, 0.15) is 15.2 Å². The smallest absolute Gasteiger partial charge is 0.331 e. The van der Waals surface area contributed by atoms with Crippen LogP contribution in [-0.2, 0) is 14.3 Å². The minimum absolute atomic E-state index is 0.443. The van der Waals surface area contributed by atoms with Crippen molar-refractivity contribution in [1.82, 2.24) is 20.6 Å². The normalized spacial score (nSPS) is 10.8. The van der Waals surface area contributed by atoms with Crippen LogP contribution >= 0.6 is 22.7 Å². The Morgan fingerprint density at radius 2 is 1.76 bits per heavy atom. The van der Waals surface area contributed by atoms with Crippen molar-refractivity contribution in [3.05, 3.63) is 88.1 Å². The molecule has 8 nitrogen and oxygen atoms in total. The number of esters is 1. The van der Waals surface area contributed by atoms with Gasteiger partial charge in [0.25, 0.3) is 11.8 Å². The van der Waals surface area contributed by atoms with Gasteiger partial charge in [-0.05, 0) is 41.1 Å². The summed E-state index contributed by atoms with van der Waals surface area (Å²) >= 11 is 2.78.